The second-order valence-electron chi connectivity index (χ2n) is 3.19. The molecule has 0 aliphatic carbocycles. The first-order valence-corrected chi connectivity index (χ1v) is 3.94. The Morgan fingerprint density at radius 3 is 2.71 bits per heavy atom. The number of hydrogen-bond acceptors (Lipinski definition) is 5. The van der Waals surface area contributed by atoms with Crippen molar-refractivity contribution in [2.45, 2.75) is 26.1 Å². The Balaban J connectivity index is 2.46. The summed E-state index contributed by atoms with van der Waals surface area (Å²) in [5, 5.41) is 9.15. The van der Waals surface area contributed by atoms with Crippen LogP contribution in [0.5, 0.6) is 0 Å². The van der Waals surface area contributed by atoms with E-state index >= 15 is 0 Å². The summed E-state index contributed by atoms with van der Waals surface area (Å²) in [5.41, 5.74) is 3.22. The van der Waals surface area contributed by atoms with Crippen LogP contribution in [-0.2, 0) is 11.3 Å². The molecule has 1 rings (SSSR count). The van der Waals surface area contributed by atoms with Gasteiger partial charge in [-0.15, -0.1) is 5.10 Å². The highest BCUT2D eigenvalue weighted by Gasteiger charge is 2.26. The maximum Gasteiger partial charge on any atom is 0.312 e. The first-order chi connectivity index (χ1) is 6.39. The molecule has 7 heteroatoms. The van der Waals surface area contributed by atoms with Crippen molar-refractivity contribution >= 4 is 11.9 Å². The molecule has 14 heavy (non-hydrogen) atoms. The van der Waals surface area contributed by atoms with Crippen LogP contribution in [0.25, 0.3) is 0 Å². The van der Waals surface area contributed by atoms with Crippen LogP contribution in [0.4, 0.5) is 10.4 Å². The molecule has 0 atom stereocenters. The van der Waals surface area contributed by atoms with Gasteiger partial charge in [-0.1, -0.05) is 5.10 Å². The van der Waals surface area contributed by atoms with Crippen LogP contribution in [0.3, 0.4) is 0 Å². The highest BCUT2D eigenvalue weighted by Crippen LogP contribution is 2.08. The second-order valence-corrected chi connectivity index (χ2v) is 3.19. The number of aromatic nitrogens is 2. The van der Waals surface area contributed by atoms with E-state index in [1.807, 2.05) is 0 Å². The molecular formula is C7H11FN4O2. The zero-order chi connectivity index (χ0) is 10.8. The number of nitrogens with zero attached hydrogens (tertiary/aromatic N) is 2. The van der Waals surface area contributed by atoms with Crippen molar-refractivity contribution in [1.29, 1.82) is 0 Å². The fourth-order valence-electron chi connectivity index (χ4n) is 0.704. The lowest BCUT2D eigenvalue weighted by Crippen LogP contribution is -2.38. The van der Waals surface area contributed by atoms with Gasteiger partial charge in [0.25, 0.3) is 5.91 Å². The zero-order valence-corrected chi connectivity index (χ0v) is 7.87. The van der Waals surface area contributed by atoms with E-state index in [-0.39, 0.29) is 18.5 Å². The summed E-state index contributed by atoms with van der Waals surface area (Å²) in [6, 6.07) is -0.0891. The van der Waals surface area contributed by atoms with Gasteiger partial charge >= 0.3 is 6.01 Å². The Hall–Kier alpha value is -1.66. The summed E-state index contributed by atoms with van der Waals surface area (Å²) in [4.78, 5) is 11.0. The van der Waals surface area contributed by atoms with Gasteiger partial charge < -0.3 is 15.5 Å². The monoisotopic (exact) mass is 202 g/mol. The van der Waals surface area contributed by atoms with Crippen molar-refractivity contribution in [2.24, 2.45) is 0 Å². The van der Waals surface area contributed by atoms with Crippen LogP contribution in [0.15, 0.2) is 4.42 Å². The molecule has 0 aromatic carbocycles. The van der Waals surface area contributed by atoms with Gasteiger partial charge in [-0.05, 0) is 13.8 Å². The Morgan fingerprint density at radius 1 is 1.64 bits per heavy atom. The Bertz CT molecular complexity index is 331. The van der Waals surface area contributed by atoms with E-state index in [1.165, 1.54) is 0 Å². The number of nitrogens with two attached hydrogens (primary N) is 1. The van der Waals surface area contributed by atoms with E-state index in [9.17, 15) is 9.18 Å². The molecule has 0 aliphatic heterocycles. The number of rotatable bonds is 3. The number of alkyl halides is 1. The summed E-state index contributed by atoms with van der Waals surface area (Å²) in [6.07, 6.45) is 0. The lowest BCUT2D eigenvalue weighted by atomic mass is 10.1. The fourth-order valence-corrected chi connectivity index (χ4v) is 0.704. The van der Waals surface area contributed by atoms with E-state index in [0.29, 0.717) is 0 Å². The molecular weight excluding hydrogens is 191 g/mol. The van der Waals surface area contributed by atoms with Crippen molar-refractivity contribution in [3.05, 3.63) is 5.89 Å². The molecule has 0 saturated heterocycles. The largest absolute Gasteiger partial charge is 0.406 e. The Morgan fingerprint density at radius 2 is 2.29 bits per heavy atom. The smallest absolute Gasteiger partial charge is 0.312 e. The normalized spacial score (nSPS) is 11.4. The van der Waals surface area contributed by atoms with Gasteiger partial charge in [0, 0.05) is 0 Å². The van der Waals surface area contributed by atoms with Crippen LogP contribution in [0.2, 0.25) is 0 Å². The summed E-state index contributed by atoms with van der Waals surface area (Å²) in [6.45, 7) is 2.28. The summed E-state index contributed by atoms with van der Waals surface area (Å²) in [7, 11) is 0. The molecule has 3 N–H and O–H groups in total. The number of hydrogen-bond donors (Lipinski definition) is 2. The van der Waals surface area contributed by atoms with Crippen LogP contribution in [0, 0.1) is 0 Å². The third-order valence-electron chi connectivity index (χ3n) is 1.42. The molecule has 0 radical (unpaired) electrons. The number of nitrogen functional groups attached to an aromatic ring is 1. The highest BCUT2D eigenvalue weighted by molar-refractivity contribution is 5.83. The molecule has 0 aliphatic rings. The lowest BCUT2D eigenvalue weighted by molar-refractivity contribution is -0.131. The summed E-state index contributed by atoms with van der Waals surface area (Å²) in [5.74, 6) is -0.602. The minimum Gasteiger partial charge on any atom is -0.406 e. The van der Waals surface area contributed by atoms with Gasteiger partial charge in [0.05, 0.1) is 6.54 Å². The van der Waals surface area contributed by atoms with Crippen molar-refractivity contribution in [3.8, 4) is 0 Å². The number of halogens is 1. The van der Waals surface area contributed by atoms with Gasteiger partial charge in [-0.25, -0.2) is 4.39 Å². The molecule has 6 nitrogen and oxygen atoms in total. The number of amides is 1. The standard InChI is InChI=1S/C7H11FN4O2/c1-7(2,8)5(13)10-3-4-11-12-6(9)14-4/h3H2,1-2H3,(H2,9,12)(H,10,13). The van der Waals surface area contributed by atoms with Gasteiger partial charge in [0.2, 0.25) is 5.89 Å². The zero-order valence-electron chi connectivity index (χ0n) is 7.87. The number of carbonyl (C=O) groups is 1. The second kappa shape index (κ2) is 3.60. The van der Waals surface area contributed by atoms with Gasteiger partial charge in [-0.3, -0.25) is 4.79 Å². The van der Waals surface area contributed by atoms with E-state index < -0.39 is 11.6 Å². The summed E-state index contributed by atoms with van der Waals surface area (Å²) >= 11 is 0. The molecule has 0 fully saturated rings. The van der Waals surface area contributed by atoms with Crippen molar-refractivity contribution < 1.29 is 13.6 Å². The molecule has 0 unspecified atom stereocenters. The number of carbonyl (C=O) groups excluding carboxylic acids is 1. The molecule has 78 valence electrons. The quantitative estimate of drug-likeness (QED) is 0.720. The molecule has 1 heterocycles. The van der Waals surface area contributed by atoms with Gasteiger partial charge in [0.15, 0.2) is 5.67 Å². The predicted octanol–water partition coefficient (Wildman–Crippen LogP) is 0.0161. The number of anilines is 1. The molecule has 0 saturated carbocycles. The fraction of sp³-hybridized carbons (Fsp3) is 0.571. The Kier molecular flexibility index (Phi) is 2.68. The van der Waals surface area contributed by atoms with Crippen LogP contribution in [0.1, 0.15) is 19.7 Å². The molecule has 0 spiro atoms. The molecule has 0 bridgehead atoms. The minimum absolute atomic E-state index is 0.0314. The predicted molar refractivity (Wildman–Crippen MR) is 45.7 cm³/mol. The maximum atomic E-state index is 13.0. The van der Waals surface area contributed by atoms with Crippen molar-refractivity contribution in [3.63, 3.8) is 0 Å². The van der Waals surface area contributed by atoms with E-state index in [0.717, 1.165) is 13.8 Å². The SMILES string of the molecule is CC(C)(F)C(=O)NCc1nnc(N)o1. The van der Waals surface area contributed by atoms with Crippen molar-refractivity contribution in [2.75, 3.05) is 5.73 Å². The van der Waals surface area contributed by atoms with Crippen LogP contribution in [-0.4, -0.2) is 21.8 Å². The minimum atomic E-state index is -1.93. The molecule has 1 amide bonds. The van der Waals surface area contributed by atoms with E-state index in [4.69, 9.17) is 10.2 Å². The van der Waals surface area contributed by atoms with Crippen LogP contribution >= 0.6 is 0 Å². The first kappa shape index (κ1) is 10.4. The summed E-state index contributed by atoms with van der Waals surface area (Å²) < 4.78 is 17.8. The topological polar surface area (TPSA) is 94.0 Å². The van der Waals surface area contributed by atoms with E-state index in [1.54, 1.807) is 0 Å². The van der Waals surface area contributed by atoms with Crippen LogP contribution < -0.4 is 11.1 Å². The molecule has 1 aromatic rings. The highest BCUT2D eigenvalue weighted by atomic mass is 19.1. The molecule has 1 aromatic heterocycles. The third kappa shape index (κ3) is 2.68. The van der Waals surface area contributed by atoms with Gasteiger partial charge in [-0.2, -0.15) is 0 Å². The first-order valence-electron chi connectivity index (χ1n) is 3.94. The van der Waals surface area contributed by atoms with Gasteiger partial charge in [0.1, 0.15) is 0 Å². The lowest BCUT2D eigenvalue weighted by Gasteiger charge is -2.12. The van der Waals surface area contributed by atoms with E-state index in [2.05, 4.69) is 15.5 Å². The average Bonchev–Trinajstić information content (AvgIpc) is 2.45. The van der Waals surface area contributed by atoms with Crippen molar-refractivity contribution in [1.82, 2.24) is 15.5 Å². The average molecular weight is 202 g/mol. The third-order valence-corrected chi connectivity index (χ3v) is 1.42. The maximum absolute atomic E-state index is 13.0. The number of nitrogens with one attached hydrogen (secondary N) is 1. The Labute approximate surface area is 79.7 Å².